The topological polar surface area (TPSA) is 176 Å². The fourth-order valence-electron chi connectivity index (χ4n) is 1.96. The molecule has 0 aliphatic rings. The van der Waals surface area contributed by atoms with E-state index in [0.717, 1.165) is 11.8 Å². The van der Waals surface area contributed by atoms with Crippen molar-refractivity contribution in [2.45, 2.75) is 24.9 Å². The van der Waals surface area contributed by atoms with Crippen molar-refractivity contribution in [3.05, 3.63) is 35.9 Å². The number of hydrogen-bond acceptors (Lipinski definition) is 7. The van der Waals surface area contributed by atoms with Gasteiger partial charge in [0.1, 0.15) is 18.6 Å². The first-order valence-electron chi connectivity index (χ1n) is 8.20. The molecule has 28 heavy (non-hydrogen) atoms. The number of aliphatic carboxylic acids is 2. The molecule has 10 nitrogen and oxygen atoms in total. The third-order valence-electron chi connectivity index (χ3n) is 3.46. The van der Waals surface area contributed by atoms with Crippen LogP contribution < -0.4 is 16.4 Å². The average Bonchev–Trinajstić information content (AvgIpc) is 2.67. The monoisotopic (exact) mass is 411 g/mol. The van der Waals surface area contributed by atoms with Gasteiger partial charge in [-0.15, -0.1) is 0 Å². The van der Waals surface area contributed by atoms with Crippen molar-refractivity contribution in [2.75, 3.05) is 12.3 Å². The summed E-state index contributed by atoms with van der Waals surface area (Å²) < 4.78 is 0. The second kappa shape index (κ2) is 11.7. The second-order valence-electron chi connectivity index (χ2n) is 5.68. The molecule has 1 aromatic rings. The van der Waals surface area contributed by atoms with Gasteiger partial charge >= 0.3 is 11.9 Å². The predicted octanol–water partition coefficient (Wildman–Crippen LogP) is -0.562. The summed E-state index contributed by atoms with van der Waals surface area (Å²) in [5.74, 6) is -4.06. The number of carboxylic acids is 2. The molecule has 11 heteroatoms. The van der Waals surface area contributed by atoms with Crippen molar-refractivity contribution in [1.29, 1.82) is 0 Å². The van der Waals surface area contributed by atoms with Crippen LogP contribution in [0.15, 0.2) is 30.3 Å². The van der Waals surface area contributed by atoms with Crippen LogP contribution in [0.5, 0.6) is 0 Å². The largest absolute Gasteiger partial charge is 0.480 e. The van der Waals surface area contributed by atoms with E-state index in [2.05, 4.69) is 10.6 Å². The highest BCUT2D eigenvalue weighted by Crippen LogP contribution is 2.13. The molecular formula is C17H21N3O7S. The Balaban J connectivity index is 2.68. The number of rotatable bonds is 11. The minimum absolute atomic E-state index is 0.129. The highest BCUT2D eigenvalue weighted by atomic mass is 32.2. The van der Waals surface area contributed by atoms with E-state index in [4.69, 9.17) is 15.9 Å². The normalized spacial score (nSPS) is 12.5. The lowest BCUT2D eigenvalue weighted by Gasteiger charge is -2.18. The number of hydrogen-bond donors (Lipinski definition) is 5. The molecule has 1 aromatic carbocycles. The minimum atomic E-state index is -1.26. The summed E-state index contributed by atoms with van der Waals surface area (Å²) >= 11 is 0.791. The Labute approximate surface area is 164 Å². The van der Waals surface area contributed by atoms with Crippen molar-refractivity contribution in [1.82, 2.24) is 10.6 Å². The maximum Gasteiger partial charge on any atom is 0.322 e. The predicted molar refractivity (Wildman–Crippen MR) is 101 cm³/mol. The van der Waals surface area contributed by atoms with Gasteiger partial charge < -0.3 is 26.6 Å². The number of carbonyl (C=O) groups is 5. The fourth-order valence-corrected chi connectivity index (χ4v) is 2.82. The molecule has 152 valence electrons. The van der Waals surface area contributed by atoms with Crippen LogP contribution in [-0.2, 0) is 19.2 Å². The van der Waals surface area contributed by atoms with Gasteiger partial charge in [-0.2, -0.15) is 0 Å². The molecule has 0 aliphatic carbocycles. The quantitative estimate of drug-likeness (QED) is 0.319. The molecule has 1 rings (SSSR count). The van der Waals surface area contributed by atoms with Gasteiger partial charge in [-0.1, -0.05) is 42.1 Å². The van der Waals surface area contributed by atoms with E-state index < -0.39 is 42.4 Å². The Morgan fingerprint density at radius 2 is 1.71 bits per heavy atom. The van der Waals surface area contributed by atoms with Crippen LogP contribution >= 0.6 is 11.8 Å². The highest BCUT2D eigenvalue weighted by molar-refractivity contribution is 8.14. The summed E-state index contributed by atoms with van der Waals surface area (Å²) in [7, 11) is 0. The number of carbonyl (C=O) groups excluding carboxylic acids is 3. The van der Waals surface area contributed by atoms with Crippen LogP contribution in [0.1, 0.15) is 23.2 Å². The molecule has 6 N–H and O–H groups in total. The Morgan fingerprint density at radius 1 is 1.07 bits per heavy atom. The third kappa shape index (κ3) is 8.64. The maximum absolute atomic E-state index is 12.2. The van der Waals surface area contributed by atoms with Crippen LogP contribution in [0.4, 0.5) is 0 Å². The zero-order valence-corrected chi connectivity index (χ0v) is 15.6. The molecule has 0 heterocycles. The number of nitrogens with two attached hydrogens (primary N) is 1. The van der Waals surface area contributed by atoms with E-state index in [9.17, 15) is 24.0 Å². The Bertz CT molecular complexity index is 727. The first kappa shape index (κ1) is 23.1. The molecule has 2 atom stereocenters. The van der Waals surface area contributed by atoms with Crippen molar-refractivity contribution < 1.29 is 34.2 Å². The molecule has 0 aliphatic heterocycles. The molecule has 2 amide bonds. The molecule has 0 saturated carbocycles. The van der Waals surface area contributed by atoms with Crippen LogP contribution in [0.2, 0.25) is 0 Å². The van der Waals surface area contributed by atoms with Gasteiger partial charge in [-0.3, -0.25) is 24.0 Å². The van der Waals surface area contributed by atoms with E-state index >= 15 is 0 Å². The van der Waals surface area contributed by atoms with Crippen molar-refractivity contribution in [3.8, 4) is 0 Å². The van der Waals surface area contributed by atoms with Gasteiger partial charge in [0.2, 0.25) is 16.9 Å². The Hall–Kier alpha value is -2.92. The van der Waals surface area contributed by atoms with Crippen molar-refractivity contribution >= 4 is 40.6 Å². The van der Waals surface area contributed by atoms with Crippen molar-refractivity contribution in [2.24, 2.45) is 5.73 Å². The summed E-state index contributed by atoms with van der Waals surface area (Å²) in [5.41, 5.74) is 5.74. The number of benzene rings is 1. The lowest BCUT2D eigenvalue weighted by molar-refractivity contribution is -0.139. The number of amides is 2. The van der Waals surface area contributed by atoms with Crippen LogP contribution in [-0.4, -0.2) is 63.5 Å². The van der Waals surface area contributed by atoms with Gasteiger partial charge in [-0.25, -0.2) is 0 Å². The van der Waals surface area contributed by atoms with E-state index in [1.807, 2.05) is 0 Å². The summed E-state index contributed by atoms with van der Waals surface area (Å²) in [5, 5.41) is 21.6. The highest BCUT2D eigenvalue weighted by Gasteiger charge is 2.24. The van der Waals surface area contributed by atoms with Crippen LogP contribution in [0.25, 0.3) is 0 Å². The van der Waals surface area contributed by atoms with Crippen LogP contribution in [0, 0.1) is 0 Å². The first-order chi connectivity index (χ1) is 13.2. The number of carboxylic acid groups (broad SMARTS) is 2. The molecular weight excluding hydrogens is 390 g/mol. The van der Waals surface area contributed by atoms with E-state index in [1.165, 1.54) is 0 Å². The number of thioether (sulfide) groups is 1. The smallest absolute Gasteiger partial charge is 0.322 e. The standard InChI is InChI=1S/C17H21N3O7S/c18-11(16(25)26)6-7-13(21)20-12(15(24)19-8-14(22)23)9-28-17(27)10-4-2-1-3-5-10/h1-5,11-12H,6-9,18H2,(H,19,24)(H,20,21)(H,22,23)(H,25,26)/t11-,12-/m0/s1. The third-order valence-corrected chi connectivity index (χ3v) is 4.45. The SMILES string of the molecule is N[C@@H](CCC(=O)N[C@@H](CSC(=O)c1ccccc1)C(=O)NCC(=O)O)C(=O)O. The zero-order valence-electron chi connectivity index (χ0n) is 14.8. The fraction of sp³-hybridized carbons (Fsp3) is 0.353. The summed E-state index contributed by atoms with van der Waals surface area (Å²) in [6, 6.07) is 5.90. The lowest BCUT2D eigenvalue weighted by atomic mass is 10.1. The summed E-state index contributed by atoms with van der Waals surface area (Å²) in [6.07, 6.45) is -0.381. The maximum atomic E-state index is 12.2. The summed E-state index contributed by atoms with van der Waals surface area (Å²) in [6.45, 7) is -0.646. The Morgan fingerprint density at radius 3 is 2.29 bits per heavy atom. The van der Waals surface area contributed by atoms with Crippen molar-refractivity contribution in [3.63, 3.8) is 0 Å². The lowest BCUT2D eigenvalue weighted by Crippen LogP contribution is -2.49. The van der Waals surface area contributed by atoms with E-state index in [0.29, 0.717) is 5.56 Å². The van der Waals surface area contributed by atoms with Gasteiger partial charge in [0.05, 0.1) is 0 Å². The van der Waals surface area contributed by atoms with Gasteiger partial charge in [0.15, 0.2) is 0 Å². The van der Waals surface area contributed by atoms with E-state index in [1.54, 1.807) is 30.3 Å². The molecule has 0 radical (unpaired) electrons. The molecule has 0 spiro atoms. The molecule has 0 fully saturated rings. The second-order valence-corrected chi connectivity index (χ2v) is 6.67. The van der Waals surface area contributed by atoms with Gasteiger partial charge in [0.25, 0.3) is 0 Å². The van der Waals surface area contributed by atoms with Gasteiger partial charge in [-0.05, 0) is 6.42 Å². The molecule has 0 aromatic heterocycles. The van der Waals surface area contributed by atoms with Gasteiger partial charge in [0, 0.05) is 17.7 Å². The molecule has 0 bridgehead atoms. The molecule has 0 saturated heterocycles. The Kier molecular flexibility index (Phi) is 9.68. The number of nitrogens with one attached hydrogen (secondary N) is 2. The summed E-state index contributed by atoms with van der Waals surface area (Å²) in [4.78, 5) is 57.6. The van der Waals surface area contributed by atoms with Crippen LogP contribution in [0.3, 0.4) is 0 Å². The average molecular weight is 411 g/mol. The first-order valence-corrected chi connectivity index (χ1v) is 9.18. The van der Waals surface area contributed by atoms with E-state index in [-0.39, 0.29) is 23.7 Å². The minimum Gasteiger partial charge on any atom is -0.480 e. The zero-order chi connectivity index (χ0) is 21.1. The molecule has 0 unspecified atom stereocenters.